The number of aryl methyl sites for hydroxylation is 2. The molecule has 0 spiro atoms. The average Bonchev–Trinajstić information content (AvgIpc) is 2.82. The van der Waals surface area contributed by atoms with Crippen LogP contribution in [-0.2, 0) is 20.2 Å². The summed E-state index contributed by atoms with van der Waals surface area (Å²) in [4.78, 5) is 3.89. The third kappa shape index (κ3) is 11.0. The van der Waals surface area contributed by atoms with Gasteiger partial charge < -0.3 is 5.43 Å². The Morgan fingerprint density at radius 2 is 1.19 bits per heavy atom. The van der Waals surface area contributed by atoms with Crippen molar-refractivity contribution in [1.82, 2.24) is 9.99 Å². The monoisotopic (exact) mass is 555 g/mol. The molecule has 1 saturated heterocycles. The van der Waals surface area contributed by atoms with E-state index in [0.717, 1.165) is 29.9 Å². The molecular formula is C24H30ClN3O6S2. The van der Waals surface area contributed by atoms with E-state index in [4.69, 9.17) is 20.7 Å². The number of hydrogen-bond donors (Lipinski definition) is 3. The number of hydrazine groups is 1. The number of piperidine rings is 1. The van der Waals surface area contributed by atoms with Gasteiger partial charge in [-0.1, -0.05) is 53.4 Å². The van der Waals surface area contributed by atoms with Crippen LogP contribution < -0.4 is 5.43 Å². The Morgan fingerprint density at radius 1 is 0.750 bits per heavy atom. The maximum absolute atomic E-state index is 10.5. The third-order valence-electron chi connectivity index (χ3n) is 5.01. The predicted octanol–water partition coefficient (Wildman–Crippen LogP) is 5.03. The molecule has 2 heterocycles. The minimum atomic E-state index is -4.02. The smallest absolute Gasteiger partial charge is 0.294 e. The molecule has 196 valence electrons. The van der Waals surface area contributed by atoms with E-state index >= 15 is 0 Å². The number of hydrogen-bond acceptors (Lipinski definition) is 7. The molecule has 1 fully saturated rings. The fourth-order valence-corrected chi connectivity index (χ4v) is 4.12. The molecule has 0 amide bonds. The molecule has 0 saturated carbocycles. The summed E-state index contributed by atoms with van der Waals surface area (Å²) in [7, 11) is -8.04. The lowest BCUT2D eigenvalue weighted by atomic mass is 10.2. The van der Waals surface area contributed by atoms with Crippen LogP contribution in [0.4, 0.5) is 5.69 Å². The molecule has 3 aromatic rings. The van der Waals surface area contributed by atoms with Crippen LogP contribution in [0, 0.1) is 13.8 Å². The second-order valence-corrected chi connectivity index (χ2v) is 11.3. The lowest BCUT2D eigenvalue weighted by Crippen LogP contribution is -2.34. The zero-order chi connectivity index (χ0) is 26.8. The first-order chi connectivity index (χ1) is 16.8. The van der Waals surface area contributed by atoms with Gasteiger partial charge >= 0.3 is 0 Å². The van der Waals surface area contributed by atoms with E-state index in [2.05, 4.69) is 15.4 Å². The van der Waals surface area contributed by atoms with E-state index < -0.39 is 20.2 Å². The number of halogens is 1. The topological polar surface area (TPSA) is 137 Å². The lowest BCUT2D eigenvalue weighted by molar-refractivity contribution is 0.273. The molecule has 0 atom stereocenters. The van der Waals surface area contributed by atoms with Gasteiger partial charge in [-0.15, -0.1) is 0 Å². The van der Waals surface area contributed by atoms with E-state index in [0.29, 0.717) is 5.15 Å². The van der Waals surface area contributed by atoms with E-state index in [1.54, 1.807) is 36.5 Å². The first-order valence-electron chi connectivity index (χ1n) is 11.1. The zero-order valence-electron chi connectivity index (χ0n) is 20.0. The molecule has 0 radical (unpaired) electrons. The summed E-state index contributed by atoms with van der Waals surface area (Å²) in [5.41, 5.74) is 6.24. The number of nitrogens with zero attached hydrogens (tertiary/aromatic N) is 2. The Morgan fingerprint density at radius 3 is 1.56 bits per heavy atom. The van der Waals surface area contributed by atoms with Crippen LogP contribution in [0.2, 0.25) is 5.15 Å². The van der Waals surface area contributed by atoms with Crippen LogP contribution in [0.1, 0.15) is 30.4 Å². The highest BCUT2D eigenvalue weighted by Crippen LogP contribution is 2.14. The molecule has 0 bridgehead atoms. The summed E-state index contributed by atoms with van der Waals surface area (Å²) in [5.74, 6) is 0. The molecule has 2 aromatic carbocycles. The summed E-state index contributed by atoms with van der Waals surface area (Å²) >= 11 is 5.70. The van der Waals surface area contributed by atoms with Crippen LogP contribution in [0.5, 0.6) is 0 Å². The Balaban J connectivity index is 0.000000193. The van der Waals surface area contributed by atoms with Crippen molar-refractivity contribution in [2.45, 2.75) is 42.9 Å². The zero-order valence-corrected chi connectivity index (χ0v) is 22.4. The molecule has 1 aliphatic heterocycles. The van der Waals surface area contributed by atoms with Crippen LogP contribution in [0.3, 0.4) is 0 Å². The maximum atomic E-state index is 10.5. The molecule has 1 aromatic heterocycles. The van der Waals surface area contributed by atoms with Gasteiger partial charge in [0.25, 0.3) is 20.2 Å². The van der Waals surface area contributed by atoms with Crippen molar-refractivity contribution in [3.05, 3.63) is 83.1 Å². The molecule has 0 unspecified atom stereocenters. The van der Waals surface area contributed by atoms with E-state index in [1.807, 2.05) is 19.9 Å². The van der Waals surface area contributed by atoms with Gasteiger partial charge in [-0.05, 0) is 63.1 Å². The standard InChI is InChI=1S/C10H14ClN3.2C7H8O3S/c11-10-5-4-9(8-12-10)13-14-6-2-1-3-7-14;2*1-6-2-4-7(5-3-6)11(8,9)10/h4-5,8,13H,1-3,6-7H2;2*2-5H,1H3,(H,8,9,10). The second-order valence-electron chi connectivity index (χ2n) is 8.11. The number of nitrogens with one attached hydrogen (secondary N) is 1. The number of rotatable bonds is 4. The highest BCUT2D eigenvalue weighted by Gasteiger charge is 2.09. The van der Waals surface area contributed by atoms with Gasteiger partial charge in [0.05, 0.1) is 21.7 Å². The van der Waals surface area contributed by atoms with Crippen LogP contribution in [0.25, 0.3) is 0 Å². The van der Waals surface area contributed by atoms with Gasteiger partial charge in [-0.2, -0.15) is 16.8 Å². The van der Waals surface area contributed by atoms with Gasteiger partial charge in [-0.25, -0.2) is 9.99 Å². The molecule has 4 rings (SSSR count). The minimum absolute atomic E-state index is 0.0666. The van der Waals surface area contributed by atoms with Gasteiger partial charge in [0, 0.05) is 13.1 Å². The average molecular weight is 556 g/mol. The number of benzene rings is 2. The third-order valence-corrected chi connectivity index (χ3v) is 6.97. The van der Waals surface area contributed by atoms with Crippen molar-refractivity contribution < 1.29 is 25.9 Å². The van der Waals surface area contributed by atoms with Crippen LogP contribution in [-0.4, -0.2) is 49.0 Å². The normalized spacial score (nSPS) is 14.0. The van der Waals surface area contributed by atoms with Gasteiger partial charge in [0.1, 0.15) is 5.15 Å². The molecule has 1 aliphatic rings. The largest absolute Gasteiger partial charge is 0.317 e. The fraction of sp³-hybridized carbons (Fsp3) is 0.292. The molecule has 12 heteroatoms. The summed E-state index contributed by atoms with van der Waals surface area (Å²) in [6, 6.07) is 15.7. The SMILES string of the molecule is Cc1ccc(S(=O)(=O)O)cc1.Cc1ccc(S(=O)(=O)O)cc1.Clc1ccc(NN2CCCCC2)cn1. The Kier molecular flexibility index (Phi) is 11.3. The van der Waals surface area contributed by atoms with E-state index in [1.165, 1.54) is 43.5 Å². The lowest BCUT2D eigenvalue weighted by Gasteiger charge is -2.27. The van der Waals surface area contributed by atoms with E-state index in [9.17, 15) is 16.8 Å². The first kappa shape index (κ1) is 29.7. The fourth-order valence-electron chi connectivity index (χ4n) is 3.05. The Hall–Kier alpha value is -2.54. The number of pyridine rings is 1. The van der Waals surface area contributed by atoms with Gasteiger partial charge in [0.15, 0.2) is 0 Å². The van der Waals surface area contributed by atoms with E-state index in [-0.39, 0.29) is 9.79 Å². The van der Waals surface area contributed by atoms with Gasteiger partial charge in [-0.3, -0.25) is 9.11 Å². The highest BCUT2D eigenvalue weighted by atomic mass is 35.5. The molecule has 36 heavy (non-hydrogen) atoms. The number of aromatic nitrogens is 1. The highest BCUT2D eigenvalue weighted by molar-refractivity contribution is 7.86. The van der Waals surface area contributed by atoms with Crippen molar-refractivity contribution in [3.63, 3.8) is 0 Å². The quantitative estimate of drug-likeness (QED) is 0.299. The van der Waals surface area contributed by atoms with Crippen LogP contribution in [0.15, 0.2) is 76.7 Å². The summed E-state index contributed by atoms with van der Waals surface area (Å²) in [6.45, 7) is 5.91. The Labute approximate surface area is 217 Å². The number of anilines is 1. The summed E-state index contributed by atoms with van der Waals surface area (Å²) < 4.78 is 59.1. The van der Waals surface area contributed by atoms with Gasteiger partial charge in [0.2, 0.25) is 0 Å². The molecule has 3 N–H and O–H groups in total. The molecular weight excluding hydrogens is 526 g/mol. The first-order valence-corrected chi connectivity index (χ1v) is 14.3. The van der Waals surface area contributed by atoms with Crippen molar-refractivity contribution >= 4 is 37.5 Å². The minimum Gasteiger partial charge on any atom is -0.317 e. The summed E-state index contributed by atoms with van der Waals surface area (Å²) in [5, 5.41) is 2.77. The van der Waals surface area contributed by atoms with Crippen molar-refractivity contribution in [1.29, 1.82) is 0 Å². The van der Waals surface area contributed by atoms with Crippen molar-refractivity contribution in [2.75, 3.05) is 18.5 Å². The molecule has 0 aliphatic carbocycles. The predicted molar refractivity (Wildman–Crippen MR) is 140 cm³/mol. The Bertz CT molecular complexity index is 1220. The van der Waals surface area contributed by atoms with Crippen LogP contribution >= 0.6 is 11.6 Å². The molecule has 9 nitrogen and oxygen atoms in total. The summed E-state index contributed by atoms with van der Waals surface area (Å²) in [6.07, 6.45) is 5.65. The van der Waals surface area contributed by atoms with Crippen molar-refractivity contribution in [2.24, 2.45) is 0 Å². The van der Waals surface area contributed by atoms with Crippen molar-refractivity contribution in [3.8, 4) is 0 Å². The second kappa shape index (κ2) is 13.7. The maximum Gasteiger partial charge on any atom is 0.294 e.